The number of ether oxygens (including phenoxy) is 2. The van der Waals surface area contributed by atoms with E-state index >= 15 is 0 Å². The van der Waals surface area contributed by atoms with Gasteiger partial charge in [-0.25, -0.2) is 0 Å². The monoisotopic (exact) mass is 310 g/mol. The van der Waals surface area contributed by atoms with E-state index in [2.05, 4.69) is 27.3 Å². The van der Waals surface area contributed by atoms with Crippen molar-refractivity contribution < 1.29 is 9.47 Å². The van der Waals surface area contributed by atoms with E-state index in [0.29, 0.717) is 12.2 Å². The lowest BCUT2D eigenvalue weighted by Gasteiger charge is -2.23. The van der Waals surface area contributed by atoms with E-state index in [0.717, 1.165) is 36.3 Å². The van der Waals surface area contributed by atoms with Crippen LogP contribution in [0.2, 0.25) is 0 Å². The van der Waals surface area contributed by atoms with Gasteiger partial charge < -0.3 is 14.8 Å². The van der Waals surface area contributed by atoms with Crippen LogP contribution in [0.1, 0.15) is 12.0 Å². The van der Waals surface area contributed by atoms with Crippen molar-refractivity contribution in [2.24, 2.45) is 0 Å². The number of hydrogen-bond donors (Lipinski definition) is 1. The molecule has 18 heavy (non-hydrogen) atoms. The van der Waals surface area contributed by atoms with Crippen molar-refractivity contribution in [3.63, 3.8) is 0 Å². The number of rotatable bonds is 4. The summed E-state index contributed by atoms with van der Waals surface area (Å²) >= 11 is 3.32. The van der Waals surface area contributed by atoms with Gasteiger partial charge in [-0.05, 0) is 34.1 Å². The molecular formula is C13H15BrN2O2. The Labute approximate surface area is 115 Å². The van der Waals surface area contributed by atoms with Crippen molar-refractivity contribution >= 4 is 15.9 Å². The molecule has 0 aromatic heterocycles. The molecule has 1 saturated heterocycles. The van der Waals surface area contributed by atoms with Crippen molar-refractivity contribution in [2.75, 3.05) is 26.3 Å². The summed E-state index contributed by atoms with van der Waals surface area (Å²) in [5.41, 5.74) is 0.586. The van der Waals surface area contributed by atoms with Gasteiger partial charge >= 0.3 is 0 Å². The van der Waals surface area contributed by atoms with Crippen LogP contribution in [0.4, 0.5) is 0 Å². The Morgan fingerprint density at radius 2 is 2.44 bits per heavy atom. The van der Waals surface area contributed by atoms with Gasteiger partial charge in [0, 0.05) is 24.0 Å². The minimum atomic E-state index is 0.227. The molecule has 0 radical (unpaired) electrons. The molecule has 1 aromatic carbocycles. The third-order valence-corrected chi connectivity index (χ3v) is 3.46. The molecule has 2 rings (SSSR count). The van der Waals surface area contributed by atoms with Crippen molar-refractivity contribution in [3.05, 3.63) is 28.2 Å². The van der Waals surface area contributed by atoms with Crippen LogP contribution >= 0.6 is 15.9 Å². The molecule has 1 atom stereocenters. The van der Waals surface area contributed by atoms with E-state index < -0.39 is 0 Å². The van der Waals surface area contributed by atoms with Gasteiger partial charge in [0.1, 0.15) is 11.8 Å². The van der Waals surface area contributed by atoms with Gasteiger partial charge in [-0.1, -0.05) is 0 Å². The summed E-state index contributed by atoms with van der Waals surface area (Å²) in [5, 5.41) is 12.2. The van der Waals surface area contributed by atoms with E-state index in [1.807, 2.05) is 12.1 Å². The van der Waals surface area contributed by atoms with E-state index in [1.165, 1.54) is 0 Å². The number of benzene rings is 1. The minimum absolute atomic E-state index is 0.227. The lowest BCUT2D eigenvalue weighted by molar-refractivity contribution is 0.0159. The second-order valence-corrected chi connectivity index (χ2v) is 4.94. The van der Waals surface area contributed by atoms with E-state index in [-0.39, 0.29) is 6.10 Å². The molecule has 0 aliphatic carbocycles. The Hall–Kier alpha value is -1.09. The van der Waals surface area contributed by atoms with Crippen molar-refractivity contribution in [1.29, 1.82) is 5.26 Å². The average molecular weight is 311 g/mol. The molecule has 4 nitrogen and oxygen atoms in total. The molecule has 0 spiro atoms. The first-order valence-corrected chi connectivity index (χ1v) is 6.73. The zero-order chi connectivity index (χ0) is 12.8. The van der Waals surface area contributed by atoms with Gasteiger partial charge in [0.25, 0.3) is 0 Å². The van der Waals surface area contributed by atoms with Crippen LogP contribution in [0.3, 0.4) is 0 Å². The van der Waals surface area contributed by atoms with Gasteiger partial charge in [-0.3, -0.25) is 0 Å². The van der Waals surface area contributed by atoms with Crippen molar-refractivity contribution in [1.82, 2.24) is 5.32 Å². The zero-order valence-electron chi connectivity index (χ0n) is 9.99. The Balaban J connectivity index is 1.81. The molecule has 1 aliphatic rings. The van der Waals surface area contributed by atoms with Crippen LogP contribution in [0, 0.1) is 11.3 Å². The van der Waals surface area contributed by atoms with E-state index in [1.54, 1.807) is 6.07 Å². The minimum Gasteiger partial charge on any atom is -0.493 e. The third-order valence-electron chi connectivity index (χ3n) is 2.77. The fourth-order valence-corrected chi connectivity index (χ4v) is 2.13. The number of morpholine rings is 1. The first kappa shape index (κ1) is 13.3. The SMILES string of the molecule is N#Cc1cc(OCCC2CNCCO2)ccc1Br. The molecular weight excluding hydrogens is 296 g/mol. The number of nitrogens with one attached hydrogen (secondary N) is 1. The van der Waals surface area contributed by atoms with Gasteiger partial charge in [0.15, 0.2) is 0 Å². The smallest absolute Gasteiger partial charge is 0.120 e. The average Bonchev–Trinajstić information content (AvgIpc) is 2.42. The van der Waals surface area contributed by atoms with Crippen LogP contribution in [0.5, 0.6) is 5.75 Å². The van der Waals surface area contributed by atoms with Crippen molar-refractivity contribution in [2.45, 2.75) is 12.5 Å². The Morgan fingerprint density at radius 1 is 1.56 bits per heavy atom. The predicted octanol–water partition coefficient (Wildman–Crippen LogP) is 2.08. The Morgan fingerprint density at radius 3 is 3.17 bits per heavy atom. The van der Waals surface area contributed by atoms with Crippen molar-refractivity contribution in [3.8, 4) is 11.8 Å². The molecule has 1 aliphatic heterocycles. The summed E-state index contributed by atoms with van der Waals surface area (Å²) in [6, 6.07) is 7.53. The maximum atomic E-state index is 8.91. The Kier molecular flexibility index (Phi) is 5.00. The highest BCUT2D eigenvalue weighted by atomic mass is 79.9. The van der Waals surface area contributed by atoms with Gasteiger partial charge in [0.05, 0.1) is 24.9 Å². The zero-order valence-corrected chi connectivity index (χ0v) is 11.6. The normalized spacial score (nSPS) is 19.2. The van der Waals surface area contributed by atoms with Crippen LogP contribution in [-0.4, -0.2) is 32.4 Å². The molecule has 96 valence electrons. The maximum absolute atomic E-state index is 8.91. The summed E-state index contributed by atoms with van der Waals surface area (Å²) in [6.45, 7) is 3.17. The number of halogens is 1. The van der Waals surface area contributed by atoms with Crippen LogP contribution in [0.15, 0.2) is 22.7 Å². The quantitative estimate of drug-likeness (QED) is 0.925. The first-order chi connectivity index (χ1) is 8.79. The highest BCUT2D eigenvalue weighted by molar-refractivity contribution is 9.10. The number of nitriles is 1. The number of nitrogens with zero attached hydrogens (tertiary/aromatic N) is 1. The highest BCUT2D eigenvalue weighted by Crippen LogP contribution is 2.22. The van der Waals surface area contributed by atoms with E-state index in [4.69, 9.17) is 14.7 Å². The molecule has 1 heterocycles. The molecule has 0 amide bonds. The van der Waals surface area contributed by atoms with Gasteiger partial charge in [0.2, 0.25) is 0 Å². The largest absolute Gasteiger partial charge is 0.493 e. The molecule has 5 heteroatoms. The molecule has 0 saturated carbocycles. The standard InChI is InChI=1S/C13H15BrN2O2/c14-13-2-1-11(7-10(13)8-15)17-5-3-12-9-16-4-6-18-12/h1-2,7,12,16H,3-6,9H2. The summed E-state index contributed by atoms with van der Waals surface area (Å²) in [6.07, 6.45) is 1.08. The summed E-state index contributed by atoms with van der Waals surface area (Å²) in [4.78, 5) is 0. The molecule has 1 aromatic rings. The maximum Gasteiger partial charge on any atom is 0.120 e. The first-order valence-electron chi connectivity index (χ1n) is 5.94. The summed E-state index contributed by atoms with van der Waals surface area (Å²) < 4.78 is 12.0. The van der Waals surface area contributed by atoms with E-state index in [9.17, 15) is 0 Å². The fraction of sp³-hybridized carbons (Fsp3) is 0.462. The molecule has 0 bridgehead atoms. The topological polar surface area (TPSA) is 54.3 Å². The number of hydrogen-bond acceptors (Lipinski definition) is 4. The Bertz CT molecular complexity index is 439. The second kappa shape index (κ2) is 6.74. The summed E-state index contributed by atoms with van der Waals surface area (Å²) in [7, 11) is 0. The molecule has 1 unspecified atom stereocenters. The summed E-state index contributed by atoms with van der Waals surface area (Å²) in [5.74, 6) is 0.721. The fourth-order valence-electron chi connectivity index (χ4n) is 1.79. The van der Waals surface area contributed by atoms with Crippen LogP contribution in [-0.2, 0) is 4.74 Å². The lowest BCUT2D eigenvalue weighted by Crippen LogP contribution is -2.39. The predicted molar refractivity (Wildman–Crippen MR) is 71.6 cm³/mol. The van der Waals surface area contributed by atoms with Gasteiger partial charge in [-0.15, -0.1) is 0 Å². The lowest BCUT2D eigenvalue weighted by atomic mass is 10.2. The van der Waals surface area contributed by atoms with Gasteiger partial charge in [-0.2, -0.15) is 5.26 Å². The molecule has 1 N–H and O–H groups in total. The van der Waals surface area contributed by atoms with Crippen LogP contribution in [0.25, 0.3) is 0 Å². The third kappa shape index (κ3) is 3.70. The second-order valence-electron chi connectivity index (χ2n) is 4.09. The highest BCUT2D eigenvalue weighted by Gasteiger charge is 2.13. The van der Waals surface area contributed by atoms with Crippen LogP contribution < -0.4 is 10.1 Å². The molecule has 1 fully saturated rings.